The fourth-order valence-corrected chi connectivity index (χ4v) is 3.76. The summed E-state index contributed by atoms with van der Waals surface area (Å²) in [6.45, 7) is 0. The second kappa shape index (κ2) is 7.41. The number of hydrogen-bond donors (Lipinski definition) is 0. The van der Waals surface area contributed by atoms with E-state index in [1.807, 2.05) is 0 Å². The quantitative estimate of drug-likeness (QED) is 0.507. The molecule has 0 N–H and O–H groups in total. The first-order chi connectivity index (χ1) is 12.9. The molecule has 2 unspecified atom stereocenters. The van der Waals surface area contributed by atoms with Crippen LogP contribution in [0.2, 0.25) is 0 Å². The van der Waals surface area contributed by atoms with E-state index < -0.39 is 0 Å². The van der Waals surface area contributed by atoms with Gasteiger partial charge in [-0.1, -0.05) is 127 Å². The Morgan fingerprint density at radius 2 is 1.27 bits per heavy atom. The molecule has 2 atom stereocenters. The van der Waals surface area contributed by atoms with Crippen LogP contribution < -0.4 is 0 Å². The maximum Gasteiger partial charge on any atom is 0.0421 e. The molecule has 0 aromatic heterocycles. The van der Waals surface area contributed by atoms with Crippen molar-refractivity contribution in [2.24, 2.45) is 0 Å². The molecule has 0 bridgehead atoms. The Morgan fingerprint density at radius 3 is 1.96 bits per heavy atom. The van der Waals surface area contributed by atoms with E-state index in [-0.39, 0.29) is 11.3 Å². The van der Waals surface area contributed by atoms with Gasteiger partial charge in [0.05, 0.1) is 0 Å². The van der Waals surface area contributed by atoms with Crippen molar-refractivity contribution in [3.05, 3.63) is 138 Å². The molecule has 0 fully saturated rings. The van der Waals surface area contributed by atoms with E-state index in [0.717, 1.165) is 0 Å². The van der Waals surface area contributed by atoms with Crippen molar-refractivity contribution < 1.29 is 0 Å². The van der Waals surface area contributed by atoms with Crippen LogP contribution in [0.5, 0.6) is 0 Å². The van der Waals surface area contributed by atoms with Gasteiger partial charge in [0.25, 0.3) is 0 Å². The third-order valence-corrected chi connectivity index (χ3v) is 5.08. The summed E-state index contributed by atoms with van der Waals surface area (Å²) in [5.41, 5.74) is 3.65. The predicted molar refractivity (Wildman–Crippen MR) is 111 cm³/mol. The minimum absolute atomic E-state index is 0.201. The van der Waals surface area contributed by atoms with Crippen molar-refractivity contribution in [1.29, 1.82) is 0 Å². The lowest BCUT2D eigenvalue weighted by atomic mass is 9.65. The van der Waals surface area contributed by atoms with Gasteiger partial charge in [0.2, 0.25) is 0 Å². The van der Waals surface area contributed by atoms with Gasteiger partial charge in [-0.05, 0) is 16.7 Å². The number of benzene rings is 3. The second-order valence-electron chi connectivity index (χ2n) is 6.68. The van der Waals surface area contributed by atoms with Crippen molar-refractivity contribution in [2.45, 2.75) is 11.3 Å². The molecule has 1 aliphatic carbocycles. The van der Waals surface area contributed by atoms with E-state index in [9.17, 15) is 0 Å². The molecule has 0 saturated heterocycles. The minimum atomic E-state index is -0.201. The van der Waals surface area contributed by atoms with Gasteiger partial charge in [0.1, 0.15) is 0 Å². The first-order valence-corrected chi connectivity index (χ1v) is 9.09. The van der Waals surface area contributed by atoms with Crippen molar-refractivity contribution in [1.82, 2.24) is 0 Å². The topological polar surface area (TPSA) is 0 Å². The molecule has 0 heterocycles. The molecule has 0 heteroatoms. The molecule has 4 rings (SSSR count). The van der Waals surface area contributed by atoms with Crippen LogP contribution in [0.15, 0.2) is 121 Å². The molecule has 3 aromatic carbocycles. The predicted octanol–water partition coefficient (Wildman–Crippen LogP) is 6.55. The van der Waals surface area contributed by atoms with Crippen LogP contribution in [0.3, 0.4) is 0 Å². The maximum atomic E-state index is 2.36. The van der Waals surface area contributed by atoms with E-state index in [1.54, 1.807) is 0 Å². The average molecular weight is 334 g/mol. The van der Waals surface area contributed by atoms with Gasteiger partial charge in [-0.15, -0.1) is 0 Å². The fraction of sp³-hybridized carbons (Fsp3) is 0.0769. The molecule has 0 aliphatic heterocycles. The minimum Gasteiger partial charge on any atom is -0.0755 e. The van der Waals surface area contributed by atoms with E-state index in [0.29, 0.717) is 0 Å². The van der Waals surface area contributed by atoms with Crippen LogP contribution in [-0.4, -0.2) is 0 Å². The standard InChI is InChI=1S/C26H22/c1-4-12-22(13-5-1)19-21-26(24-16-8-3-9-17-24)20-11-10-18-25(26)23-14-6-2-7-15-23/h1-21,25H. The molecule has 126 valence electrons. The highest BCUT2D eigenvalue weighted by Crippen LogP contribution is 2.45. The summed E-state index contributed by atoms with van der Waals surface area (Å²) in [6.07, 6.45) is 13.6. The Hall–Kier alpha value is -3.12. The highest BCUT2D eigenvalue weighted by Gasteiger charge is 2.36. The fourth-order valence-electron chi connectivity index (χ4n) is 3.76. The van der Waals surface area contributed by atoms with E-state index >= 15 is 0 Å². The normalized spacial score (nSPS) is 21.9. The van der Waals surface area contributed by atoms with Gasteiger partial charge in [-0.25, -0.2) is 0 Å². The summed E-state index contributed by atoms with van der Waals surface area (Å²) >= 11 is 0. The molecular weight excluding hydrogens is 312 g/mol. The zero-order valence-corrected chi connectivity index (χ0v) is 14.7. The summed E-state index contributed by atoms with van der Waals surface area (Å²) in [6, 6.07) is 32.1. The maximum absolute atomic E-state index is 2.36. The van der Waals surface area contributed by atoms with Crippen molar-refractivity contribution in [2.75, 3.05) is 0 Å². The molecule has 26 heavy (non-hydrogen) atoms. The lowest BCUT2D eigenvalue weighted by molar-refractivity contribution is 0.589. The monoisotopic (exact) mass is 334 g/mol. The Bertz CT molecular complexity index is 918. The van der Waals surface area contributed by atoms with E-state index in [4.69, 9.17) is 0 Å². The molecule has 1 aliphatic rings. The smallest absolute Gasteiger partial charge is 0.0421 e. The summed E-state index contributed by atoms with van der Waals surface area (Å²) in [5, 5.41) is 0. The number of hydrogen-bond acceptors (Lipinski definition) is 0. The van der Waals surface area contributed by atoms with Crippen LogP contribution >= 0.6 is 0 Å². The van der Waals surface area contributed by atoms with Gasteiger partial charge in [-0.2, -0.15) is 0 Å². The molecule has 0 radical (unpaired) electrons. The second-order valence-corrected chi connectivity index (χ2v) is 6.68. The molecule has 3 aromatic rings. The van der Waals surface area contributed by atoms with Gasteiger partial charge in [-0.3, -0.25) is 0 Å². The zero-order valence-electron chi connectivity index (χ0n) is 14.7. The Kier molecular flexibility index (Phi) is 4.66. The molecule has 0 saturated carbocycles. The van der Waals surface area contributed by atoms with Gasteiger partial charge in [0.15, 0.2) is 0 Å². The van der Waals surface area contributed by atoms with Crippen LogP contribution in [0.1, 0.15) is 22.6 Å². The van der Waals surface area contributed by atoms with Crippen LogP contribution in [0, 0.1) is 0 Å². The van der Waals surface area contributed by atoms with Crippen LogP contribution in [-0.2, 0) is 5.41 Å². The lowest BCUT2D eigenvalue weighted by Crippen LogP contribution is -2.30. The average Bonchev–Trinajstić information content (AvgIpc) is 2.74. The van der Waals surface area contributed by atoms with Gasteiger partial charge < -0.3 is 0 Å². The van der Waals surface area contributed by atoms with Crippen LogP contribution in [0.4, 0.5) is 0 Å². The zero-order chi connectivity index (χ0) is 17.7. The van der Waals surface area contributed by atoms with Crippen LogP contribution in [0.25, 0.3) is 6.08 Å². The van der Waals surface area contributed by atoms with Crippen molar-refractivity contribution in [3.8, 4) is 0 Å². The Morgan fingerprint density at radius 1 is 0.654 bits per heavy atom. The molecule has 0 nitrogen and oxygen atoms in total. The lowest BCUT2D eigenvalue weighted by Gasteiger charge is -2.37. The van der Waals surface area contributed by atoms with Crippen molar-refractivity contribution in [3.63, 3.8) is 0 Å². The number of allylic oxidation sites excluding steroid dienone is 5. The molecule has 0 spiro atoms. The largest absolute Gasteiger partial charge is 0.0755 e. The van der Waals surface area contributed by atoms with E-state index in [1.165, 1.54) is 16.7 Å². The first-order valence-electron chi connectivity index (χ1n) is 9.09. The third kappa shape index (κ3) is 3.19. The summed E-state index contributed by atoms with van der Waals surface area (Å²) in [5.74, 6) is 0.260. The summed E-state index contributed by atoms with van der Waals surface area (Å²) in [7, 11) is 0. The highest BCUT2D eigenvalue weighted by atomic mass is 14.4. The Balaban J connectivity index is 1.86. The highest BCUT2D eigenvalue weighted by molar-refractivity contribution is 5.58. The third-order valence-electron chi connectivity index (χ3n) is 5.08. The van der Waals surface area contributed by atoms with Gasteiger partial charge >= 0.3 is 0 Å². The number of rotatable bonds is 4. The van der Waals surface area contributed by atoms with Gasteiger partial charge in [0, 0.05) is 11.3 Å². The first kappa shape index (κ1) is 16.4. The molecular formula is C26H22. The Labute approximate surface area is 155 Å². The van der Waals surface area contributed by atoms with Crippen molar-refractivity contribution >= 4 is 6.08 Å². The summed E-state index contributed by atoms with van der Waals surface area (Å²) in [4.78, 5) is 0. The SMILES string of the molecule is C1=CC(c2ccccc2)C(C=Cc2ccccc2)(c2ccccc2)C=C1. The summed E-state index contributed by atoms with van der Waals surface area (Å²) < 4.78 is 0. The molecule has 0 amide bonds. The van der Waals surface area contributed by atoms with E-state index in [2.05, 4.69) is 127 Å².